The van der Waals surface area contributed by atoms with Gasteiger partial charge >= 0.3 is 6.03 Å². The normalized spacial score (nSPS) is 27.0. The molecule has 0 aromatic heterocycles. The van der Waals surface area contributed by atoms with Crippen molar-refractivity contribution in [3.05, 3.63) is 35.1 Å². The fourth-order valence-electron chi connectivity index (χ4n) is 5.01. The summed E-state index contributed by atoms with van der Waals surface area (Å²) in [5.74, 6) is -2.57. The largest absolute Gasteiger partial charge is 0.598 e. The van der Waals surface area contributed by atoms with E-state index < -0.39 is 51.2 Å². The minimum Gasteiger partial charge on any atom is -0.598 e. The topological polar surface area (TPSA) is 111 Å². The molecule has 4 rings (SSSR count). The highest BCUT2D eigenvalue weighted by Crippen LogP contribution is 2.43. The number of carbonyl (C=O) groups excluding carboxylic acids is 3. The molecule has 3 aliphatic rings. The Bertz CT molecular complexity index is 978. The van der Waals surface area contributed by atoms with Gasteiger partial charge in [0.15, 0.2) is 0 Å². The summed E-state index contributed by atoms with van der Waals surface area (Å²) < 4.78 is 35.3. The Morgan fingerprint density at radius 2 is 1.97 bits per heavy atom. The Labute approximate surface area is 202 Å². The molecule has 2 heterocycles. The van der Waals surface area contributed by atoms with Crippen LogP contribution in [0.2, 0.25) is 0 Å². The van der Waals surface area contributed by atoms with Crippen molar-refractivity contribution in [3.63, 3.8) is 0 Å². The zero-order valence-corrected chi connectivity index (χ0v) is 20.6. The van der Waals surface area contributed by atoms with Crippen LogP contribution in [0, 0.1) is 11.7 Å². The fourth-order valence-corrected chi connectivity index (χ4v) is 5.98. The number of urea groups is 1. The van der Waals surface area contributed by atoms with E-state index in [2.05, 4.69) is 10.0 Å². The fraction of sp³-hybridized carbons (Fsp3) is 0.625. The Morgan fingerprint density at radius 1 is 1.26 bits per heavy atom. The lowest BCUT2D eigenvalue weighted by atomic mass is 9.84. The number of halogens is 1. The van der Waals surface area contributed by atoms with Gasteiger partial charge in [-0.25, -0.2) is 9.18 Å². The summed E-state index contributed by atoms with van der Waals surface area (Å²) in [6.45, 7) is 6.45. The van der Waals surface area contributed by atoms with Crippen molar-refractivity contribution in [2.45, 2.75) is 75.6 Å². The molecule has 8 nitrogen and oxygen atoms in total. The van der Waals surface area contributed by atoms with Crippen LogP contribution in [-0.4, -0.2) is 51.3 Å². The molecule has 0 radical (unpaired) electrons. The maximum atomic E-state index is 14.2. The van der Waals surface area contributed by atoms with Gasteiger partial charge in [-0.1, -0.05) is 6.07 Å². The van der Waals surface area contributed by atoms with Gasteiger partial charge in [-0.05, 0) is 82.6 Å². The number of imide groups is 2. The minimum atomic E-state index is -1.46. The molecule has 2 N–H and O–H groups in total. The van der Waals surface area contributed by atoms with E-state index in [1.54, 1.807) is 6.07 Å². The summed E-state index contributed by atoms with van der Waals surface area (Å²) in [7, 11) is 0. The van der Waals surface area contributed by atoms with E-state index in [9.17, 15) is 23.3 Å². The Balaban J connectivity index is 1.59. The average molecular weight is 494 g/mol. The molecule has 1 aliphatic carbocycles. The van der Waals surface area contributed by atoms with Gasteiger partial charge in [-0.15, -0.1) is 4.72 Å². The van der Waals surface area contributed by atoms with Gasteiger partial charge in [0.05, 0.1) is 5.54 Å². The quantitative estimate of drug-likeness (QED) is 0.466. The van der Waals surface area contributed by atoms with Crippen molar-refractivity contribution in [2.75, 3.05) is 13.2 Å². The van der Waals surface area contributed by atoms with Crippen LogP contribution in [0.1, 0.15) is 64.0 Å². The molecule has 3 atom stereocenters. The van der Waals surface area contributed by atoms with E-state index in [0.29, 0.717) is 50.9 Å². The highest BCUT2D eigenvalue weighted by molar-refractivity contribution is 7.90. The number of hydrogen-bond acceptors (Lipinski definition) is 6. The molecular formula is C24H32FN3O5S. The molecule has 186 valence electrons. The van der Waals surface area contributed by atoms with E-state index in [4.69, 9.17) is 4.74 Å². The zero-order valence-electron chi connectivity index (χ0n) is 19.8. The second-order valence-corrected chi connectivity index (χ2v) is 12.3. The first-order valence-corrected chi connectivity index (χ1v) is 12.9. The molecule has 2 aliphatic heterocycles. The molecule has 0 saturated carbocycles. The van der Waals surface area contributed by atoms with E-state index >= 15 is 0 Å². The monoisotopic (exact) mass is 493 g/mol. The molecule has 2 fully saturated rings. The van der Waals surface area contributed by atoms with Crippen LogP contribution in [0.3, 0.4) is 0 Å². The Kier molecular flexibility index (Phi) is 7.06. The molecule has 4 amide bonds. The third-order valence-corrected chi connectivity index (χ3v) is 8.66. The number of carbonyl (C=O) groups is 3. The van der Waals surface area contributed by atoms with Gasteiger partial charge in [0, 0.05) is 30.6 Å². The highest BCUT2D eigenvalue weighted by atomic mass is 32.2. The van der Waals surface area contributed by atoms with Crippen LogP contribution < -0.4 is 10.0 Å². The second kappa shape index (κ2) is 9.56. The van der Waals surface area contributed by atoms with Crippen molar-refractivity contribution < 1.29 is 28.1 Å². The molecule has 1 aromatic carbocycles. The van der Waals surface area contributed by atoms with Crippen molar-refractivity contribution in [2.24, 2.45) is 5.92 Å². The van der Waals surface area contributed by atoms with Crippen LogP contribution in [0.15, 0.2) is 18.2 Å². The van der Waals surface area contributed by atoms with Crippen LogP contribution in [0.5, 0.6) is 0 Å². The van der Waals surface area contributed by atoms with Crippen LogP contribution in [0.25, 0.3) is 0 Å². The number of nitrogens with zero attached hydrogens (tertiary/aromatic N) is 1. The molecule has 1 aromatic rings. The van der Waals surface area contributed by atoms with Gasteiger partial charge < -0.3 is 9.29 Å². The predicted molar refractivity (Wildman–Crippen MR) is 124 cm³/mol. The summed E-state index contributed by atoms with van der Waals surface area (Å²) in [5.41, 5.74) is 0.825. The smallest absolute Gasteiger partial charge is 0.331 e. The summed E-state index contributed by atoms with van der Waals surface area (Å²) in [4.78, 5) is 39.6. The number of benzene rings is 1. The maximum Gasteiger partial charge on any atom is 0.331 e. The molecule has 10 heteroatoms. The molecule has 0 bridgehead atoms. The first-order valence-electron chi connectivity index (χ1n) is 11.8. The van der Waals surface area contributed by atoms with Crippen LogP contribution in [-0.2, 0) is 37.6 Å². The molecule has 2 saturated heterocycles. The lowest BCUT2D eigenvalue weighted by molar-refractivity contribution is -0.145. The van der Waals surface area contributed by atoms with Gasteiger partial charge in [0.1, 0.15) is 16.5 Å². The third kappa shape index (κ3) is 4.86. The van der Waals surface area contributed by atoms with E-state index in [0.717, 1.165) is 5.56 Å². The van der Waals surface area contributed by atoms with Crippen molar-refractivity contribution >= 4 is 29.2 Å². The SMILES string of the molecule is CC(C)(C)[S@@+]([O-])N[C@]1(CCC2C(=O)NC(=O)N(C3CCOCC3)C2=O)CCc2ccc(F)cc21. The number of barbiturate groups is 1. The van der Waals surface area contributed by atoms with Crippen molar-refractivity contribution in [1.82, 2.24) is 14.9 Å². The predicted octanol–water partition coefficient (Wildman–Crippen LogP) is 2.67. The number of nitrogens with one attached hydrogen (secondary N) is 2. The van der Waals surface area contributed by atoms with Crippen LogP contribution in [0.4, 0.5) is 9.18 Å². The van der Waals surface area contributed by atoms with Crippen molar-refractivity contribution in [1.29, 1.82) is 0 Å². The molecular weight excluding hydrogens is 461 g/mol. The van der Waals surface area contributed by atoms with E-state index in [1.165, 1.54) is 17.0 Å². The summed E-state index contributed by atoms with van der Waals surface area (Å²) >= 11 is -1.46. The first kappa shape index (κ1) is 25.1. The summed E-state index contributed by atoms with van der Waals surface area (Å²) in [6.07, 6.45) is 2.73. The number of hydrogen-bond donors (Lipinski definition) is 2. The lowest BCUT2D eigenvalue weighted by Crippen LogP contribution is -2.62. The van der Waals surface area contributed by atoms with Crippen LogP contribution >= 0.6 is 0 Å². The van der Waals surface area contributed by atoms with Gasteiger partial charge in [0.25, 0.3) is 0 Å². The standard InChI is InChI=1S/C24H32FN3O5S/c1-23(2,3)34(32)27-24(10-6-15-4-5-16(25)14-19(15)24)11-7-18-20(29)26-22(31)28(21(18)30)17-8-12-33-13-9-17/h4-5,14,17-18,27H,6-13H2,1-3H3,(H,26,29,31)/t18?,24-,34+/m0/s1. The van der Waals surface area contributed by atoms with Gasteiger partial charge in [-0.3, -0.25) is 19.8 Å². The number of fused-ring (bicyclic) bond motifs is 1. The number of ether oxygens (including phenoxy) is 1. The third-order valence-electron chi connectivity index (χ3n) is 6.97. The summed E-state index contributed by atoms with van der Waals surface area (Å²) in [5, 5.41) is 2.33. The Hall–Kier alpha value is -2.01. The minimum absolute atomic E-state index is 0.141. The number of amides is 4. The summed E-state index contributed by atoms with van der Waals surface area (Å²) in [6, 6.07) is 3.60. The van der Waals surface area contributed by atoms with E-state index in [1.807, 2.05) is 20.8 Å². The molecule has 34 heavy (non-hydrogen) atoms. The first-order chi connectivity index (χ1) is 16.0. The number of rotatable bonds is 6. The average Bonchev–Trinajstić information content (AvgIpc) is 3.11. The second-order valence-electron chi connectivity index (χ2n) is 10.3. The number of aryl methyl sites for hydroxylation is 1. The van der Waals surface area contributed by atoms with Gasteiger partial charge in [-0.2, -0.15) is 0 Å². The van der Waals surface area contributed by atoms with Crippen molar-refractivity contribution in [3.8, 4) is 0 Å². The zero-order chi connectivity index (χ0) is 24.7. The lowest BCUT2D eigenvalue weighted by Gasteiger charge is -2.39. The maximum absolute atomic E-state index is 14.2. The molecule has 1 unspecified atom stereocenters. The highest BCUT2D eigenvalue weighted by Gasteiger charge is 2.48. The molecule has 0 spiro atoms. The van der Waals surface area contributed by atoms with Gasteiger partial charge in [0.2, 0.25) is 11.8 Å². The van der Waals surface area contributed by atoms with E-state index in [-0.39, 0.29) is 12.5 Å². The Morgan fingerprint density at radius 3 is 2.65 bits per heavy atom.